The lowest BCUT2D eigenvalue weighted by molar-refractivity contribution is 0.303. The fourth-order valence-corrected chi connectivity index (χ4v) is 2.26. The predicted molar refractivity (Wildman–Crippen MR) is 73.9 cm³/mol. The molecule has 0 atom stereocenters. The van der Waals surface area contributed by atoms with E-state index in [0.717, 1.165) is 12.3 Å². The maximum atomic E-state index is 4.25. The standard InChI is InChI=1S/C14H19NS/c16-12-4-9-15-10-7-14(8-11-15)13-5-2-1-3-6-13/h1-3,5-7,16H,4,8-12H2. The molecule has 1 nitrogen and oxygen atoms in total. The zero-order valence-electron chi connectivity index (χ0n) is 9.60. The van der Waals surface area contributed by atoms with E-state index in [9.17, 15) is 0 Å². The summed E-state index contributed by atoms with van der Waals surface area (Å²) in [4.78, 5) is 2.50. The fraction of sp³-hybridized carbons (Fsp3) is 0.429. The van der Waals surface area contributed by atoms with E-state index in [4.69, 9.17) is 0 Å². The molecule has 2 rings (SSSR count). The first kappa shape index (κ1) is 11.7. The highest BCUT2D eigenvalue weighted by atomic mass is 32.1. The van der Waals surface area contributed by atoms with Gasteiger partial charge in [0, 0.05) is 13.1 Å². The van der Waals surface area contributed by atoms with Crippen LogP contribution in [0.5, 0.6) is 0 Å². The quantitative estimate of drug-likeness (QED) is 0.782. The van der Waals surface area contributed by atoms with Gasteiger partial charge in [-0.2, -0.15) is 12.6 Å². The summed E-state index contributed by atoms with van der Waals surface area (Å²) in [6, 6.07) is 10.7. The minimum absolute atomic E-state index is 0.992. The van der Waals surface area contributed by atoms with Crippen LogP contribution in [0.1, 0.15) is 18.4 Å². The maximum Gasteiger partial charge on any atom is 0.0169 e. The van der Waals surface area contributed by atoms with Gasteiger partial charge in [-0.25, -0.2) is 0 Å². The van der Waals surface area contributed by atoms with Crippen LogP contribution < -0.4 is 0 Å². The van der Waals surface area contributed by atoms with Crippen molar-refractivity contribution in [2.24, 2.45) is 0 Å². The molecule has 0 saturated carbocycles. The first-order valence-corrected chi connectivity index (χ1v) is 6.61. The molecule has 16 heavy (non-hydrogen) atoms. The Hall–Kier alpha value is -0.730. The number of hydrogen-bond donors (Lipinski definition) is 1. The van der Waals surface area contributed by atoms with Crippen LogP contribution in [0.2, 0.25) is 0 Å². The van der Waals surface area contributed by atoms with E-state index < -0.39 is 0 Å². The Bertz CT molecular complexity index is 345. The van der Waals surface area contributed by atoms with Crippen molar-refractivity contribution in [2.75, 3.05) is 25.4 Å². The van der Waals surface area contributed by atoms with Crippen LogP contribution in [0.25, 0.3) is 5.57 Å². The largest absolute Gasteiger partial charge is 0.299 e. The van der Waals surface area contributed by atoms with Crippen LogP contribution >= 0.6 is 12.6 Å². The summed E-state index contributed by atoms with van der Waals surface area (Å²) in [5, 5.41) is 0. The zero-order valence-corrected chi connectivity index (χ0v) is 10.5. The SMILES string of the molecule is SCCCN1CC=C(c2ccccc2)CC1. The second kappa shape index (κ2) is 6.12. The molecule has 0 unspecified atom stereocenters. The minimum atomic E-state index is 0.992. The number of thiol groups is 1. The highest BCUT2D eigenvalue weighted by Gasteiger charge is 2.11. The van der Waals surface area contributed by atoms with Gasteiger partial charge < -0.3 is 0 Å². The summed E-state index contributed by atoms with van der Waals surface area (Å²) in [7, 11) is 0. The van der Waals surface area contributed by atoms with Crippen molar-refractivity contribution in [3.63, 3.8) is 0 Å². The Balaban J connectivity index is 1.93. The smallest absolute Gasteiger partial charge is 0.0169 e. The number of nitrogens with zero attached hydrogens (tertiary/aromatic N) is 1. The van der Waals surface area contributed by atoms with Crippen molar-refractivity contribution in [3.05, 3.63) is 42.0 Å². The second-order valence-corrected chi connectivity index (χ2v) is 4.67. The molecule has 1 aromatic carbocycles. The molecule has 0 N–H and O–H groups in total. The van der Waals surface area contributed by atoms with Crippen molar-refractivity contribution < 1.29 is 0 Å². The summed E-state index contributed by atoms with van der Waals surface area (Å²) in [5.41, 5.74) is 2.89. The normalized spacial score (nSPS) is 17.2. The van der Waals surface area contributed by atoms with Crippen molar-refractivity contribution in [3.8, 4) is 0 Å². The van der Waals surface area contributed by atoms with Crippen LogP contribution in [0.15, 0.2) is 36.4 Å². The van der Waals surface area contributed by atoms with Gasteiger partial charge in [0.1, 0.15) is 0 Å². The molecule has 2 heteroatoms. The van der Waals surface area contributed by atoms with Gasteiger partial charge in [0.25, 0.3) is 0 Å². The number of rotatable bonds is 4. The molecule has 86 valence electrons. The summed E-state index contributed by atoms with van der Waals surface area (Å²) >= 11 is 4.25. The van der Waals surface area contributed by atoms with Gasteiger partial charge in [0.2, 0.25) is 0 Å². The Morgan fingerprint density at radius 2 is 2.00 bits per heavy atom. The lowest BCUT2D eigenvalue weighted by atomic mass is 9.99. The molecular formula is C14H19NS. The van der Waals surface area contributed by atoms with Crippen LogP contribution in [-0.4, -0.2) is 30.3 Å². The van der Waals surface area contributed by atoms with Gasteiger partial charge in [-0.15, -0.1) is 0 Å². The van der Waals surface area contributed by atoms with E-state index in [2.05, 4.69) is 53.9 Å². The Morgan fingerprint density at radius 1 is 1.19 bits per heavy atom. The molecule has 0 aliphatic carbocycles. The molecule has 1 heterocycles. The van der Waals surface area contributed by atoms with E-state index >= 15 is 0 Å². The third-order valence-electron chi connectivity index (χ3n) is 3.07. The third-order valence-corrected chi connectivity index (χ3v) is 3.39. The van der Waals surface area contributed by atoms with Crippen molar-refractivity contribution in [1.29, 1.82) is 0 Å². The van der Waals surface area contributed by atoms with Gasteiger partial charge in [-0.05, 0) is 36.3 Å². The average molecular weight is 233 g/mol. The summed E-state index contributed by atoms with van der Waals surface area (Å²) in [6.45, 7) is 3.47. The van der Waals surface area contributed by atoms with Gasteiger partial charge in [0.05, 0.1) is 0 Å². The number of benzene rings is 1. The summed E-state index contributed by atoms with van der Waals surface area (Å²) in [6.07, 6.45) is 4.74. The minimum Gasteiger partial charge on any atom is -0.299 e. The fourth-order valence-electron chi connectivity index (χ4n) is 2.12. The van der Waals surface area contributed by atoms with Crippen molar-refractivity contribution in [1.82, 2.24) is 4.90 Å². The molecule has 0 saturated heterocycles. The van der Waals surface area contributed by atoms with E-state index in [1.807, 2.05) is 0 Å². The van der Waals surface area contributed by atoms with Crippen molar-refractivity contribution in [2.45, 2.75) is 12.8 Å². The molecule has 0 amide bonds. The van der Waals surface area contributed by atoms with E-state index in [1.165, 1.54) is 37.1 Å². The Kier molecular flexibility index (Phi) is 4.49. The Morgan fingerprint density at radius 3 is 2.62 bits per heavy atom. The van der Waals surface area contributed by atoms with E-state index in [0.29, 0.717) is 0 Å². The monoisotopic (exact) mass is 233 g/mol. The zero-order chi connectivity index (χ0) is 11.2. The first-order valence-electron chi connectivity index (χ1n) is 5.98. The van der Waals surface area contributed by atoms with Gasteiger partial charge in [-0.3, -0.25) is 4.90 Å². The molecule has 1 aliphatic rings. The second-order valence-electron chi connectivity index (χ2n) is 4.22. The van der Waals surface area contributed by atoms with Gasteiger partial charge in [-0.1, -0.05) is 36.4 Å². The average Bonchev–Trinajstić information content (AvgIpc) is 2.38. The van der Waals surface area contributed by atoms with Crippen LogP contribution in [-0.2, 0) is 0 Å². The topological polar surface area (TPSA) is 3.24 Å². The molecule has 0 aromatic heterocycles. The lowest BCUT2D eigenvalue weighted by Gasteiger charge is -2.26. The molecular weight excluding hydrogens is 214 g/mol. The molecule has 0 radical (unpaired) electrons. The predicted octanol–water partition coefficient (Wildman–Crippen LogP) is 3.10. The molecule has 0 bridgehead atoms. The Labute approximate surface area is 104 Å². The maximum absolute atomic E-state index is 4.25. The van der Waals surface area contributed by atoms with E-state index in [1.54, 1.807) is 0 Å². The first-order chi connectivity index (χ1) is 7.90. The van der Waals surface area contributed by atoms with Gasteiger partial charge >= 0.3 is 0 Å². The molecule has 1 aromatic rings. The summed E-state index contributed by atoms with van der Waals surface area (Å²) in [5.74, 6) is 0.992. The highest BCUT2D eigenvalue weighted by molar-refractivity contribution is 7.80. The molecule has 0 spiro atoms. The van der Waals surface area contributed by atoms with E-state index in [-0.39, 0.29) is 0 Å². The van der Waals surface area contributed by atoms with Gasteiger partial charge in [0.15, 0.2) is 0 Å². The van der Waals surface area contributed by atoms with Crippen molar-refractivity contribution >= 4 is 18.2 Å². The van der Waals surface area contributed by atoms with Crippen LogP contribution in [0, 0.1) is 0 Å². The number of hydrogen-bond acceptors (Lipinski definition) is 2. The van der Waals surface area contributed by atoms with Crippen LogP contribution in [0.4, 0.5) is 0 Å². The molecule has 0 fully saturated rings. The highest BCUT2D eigenvalue weighted by Crippen LogP contribution is 2.21. The summed E-state index contributed by atoms with van der Waals surface area (Å²) < 4.78 is 0. The lowest BCUT2D eigenvalue weighted by Crippen LogP contribution is -2.29. The molecule has 1 aliphatic heterocycles. The van der Waals surface area contributed by atoms with Crippen LogP contribution in [0.3, 0.4) is 0 Å². The third kappa shape index (κ3) is 3.13.